The van der Waals surface area contributed by atoms with Gasteiger partial charge in [0.2, 0.25) is 0 Å². The van der Waals surface area contributed by atoms with E-state index in [-0.39, 0.29) is 18.1 Å². The van der Waals surface area contributed by atoms with Gasteiger partial charge >= 0.3 is 0 Å². The first kappa shape index (κ1) is 21.1. The summed E-state index contributed by atoms with van der Waals surface area (Å²) in [4.78, 5) is 23.7. The Morgan fingerprint density at radius 3 is 2.67 bits per heavy atom. The van der Waals surface area contributed by atoms with E-state index >= 15 is 0 Å². The Morgan fingerprint density at radius 1 is 1.20 bits per heavy atom. The summed E-state index contributed by atoms with van der Waals surface area (Å²) in [5, 5.41) is 3.50. The van der Waals surface area contributed by atoms with Gasteiger partial charge in [0.1, 0.15) is 18.2 Å². The highest BCUT2D eigenvalue weighted by atomic mass is 35.5. The Balaban J connectivity index is 1.40. The second-order valence-corrected chi connectivity index (χ2v) is 8.70. The smallest absolute Gasteiger partial charge is 0.255 e. The number of likely N-dealkylation sites (tertiary alicyclic amines) is 1. The van der Waals surface area contributed by atoms with Gasteiger partial charge in [-0.2, -0.15) is 0 Å². The second kappa shape index (κ2) is 9.75. The number of carbonyl (C=O) groups is 1. The monoisotopic (exact) mass is 428 g/mol. The van der Waals surface area contributed by atoms with Gasteiger partial charge in [-0.05, 0) is 56.9 Å². The lowest BCUT2D eigenvalue weighted by molar-refractivity contribution is 0.0749. The van der Waals surface area contributed by atoms with E-state index < -0.39 is 0 Å². The van der Waals surface area contributed by atoms with Gasteiger partial charge in [0.25, 0.3) is 5.91 Å². The van der Waals surface area contributed by atoms with Gasteiger partial charge in [0, 0.05) is 30.4 Å². The van der Waals surface area contributed by atoms with Crippen LogP contribution >= 0.6 is 11.6 Å². The first-order chi connectivity index (χ1) is 14.6. The van der Waals surface area contributed by atoms with E-state index in [1.54, 1.807) is 30.5 Å². The minimum atomic E-state index is -0.248. The number of ether oxygens (including phenoxy) is 1. The summed E-state index contributed by atoms with van der Waals surface area (Å²) < 4.78 is 6.29. The highest BCUT2D eigenvalue weighted by molar-refractivity contribution is 6.31. The van der Waals surface area contributed by atoms with Crippen LogP contribution in [-0.2, 0) is 0 Å². The Kier molecular flexibility index (Phi) is 6.85. The summed E-state index contributed by atoms with van der Waals surface area (Å²) in [6, 6.07) is 7.55. The number of nitrogens with zero attached hydrogens (tertiary/aromatic N) is 3. The first-order valence-corrected chi connectivity index (χ1v) is 11.2. The molecule has 0 spiro atoms. The van der Waals surface area contributed by atoms with Crippen molar-refractivity contribution < 1.29 is 9.53 Å². The molecule has 1 aromatic carbocycles. The molecule has 6 nitrogen and oxygen atoms in total. The molecule has 1 aromatic heterocycles. The van der Waals surface area contributed by atoms with Crippen LogP contribution in [0.3, 0.4) is 0 Å². The lowest BCUT2D eigenvalue weighted by atomic mass is 10.0. The third kappa shape index (κ3) is 5.10. The lowest BCUT2D eigenvalue weighted by Crippen LogP contribution is -2.43. The quantitative estimate of drug-likeness (QED) is 0.738. The van der Waals surface area contributed by atoms with Crippen LogP contribution in [0.5, 0.6) is 5.75 Å². The molecule has 1 N–H and O–H groups in total. The third-order valence-corrected chi connectivity index (χ3v) is 6.43. The lowest BCUT2D eigenvalue weighted by Gasteiger charge is -2.36. The van der Waals surface area contributed by atoms with Crippen LogP contribution in [0.1, 0.15) is 67.5 Å². The zero-order chi connectivity index (χ0) is 20.9. The molecule has 1 unspecified atom stereocenters. The number of piperidine rings is 1. The summed E-state index contributed by atoms with van der Waals surface area (Å²) in [6.45, 7) is 4.02. The molecule has 1 aliphatic heterocycles. The number of rotatable bonds is 6. The standard InChI is InChI=1S/C23H29ClN4O2/c1-16(21-8-11-25-15-26-21)27-23(29)20-14-17(24)6-7-22(20)30-19-9-12-28(13-10-19)18-4-2-3-5-18/h6-8,11,14-16,18-19H,2-5,9-10,12-13H2,1H3,(H,27,29). The maximum atomic E-state index is 13.0. The molecular formula is C23H29ClN4O2. The number of halogens is 1. The van der Waals surface area contributed by atoms with Crippen molar-refractivity contribution in [3.8, 4) is 5.75 Å². The number of hydrogen-bond donors (Lipinski definition) is 1. The minimum absolute atomic E-state index is 0.120. The molecule has 160 valence electrons. The Bertz CT molecular complexity index is 850. The predicted molar refractivity (Wildman–Crippen MR) is 117 cm³/mol. The van der Waals surface area contributed by atoms with E-state index in [2.05, 4.69) is 20.2 Å². The molecule has 2 heterocycles. The van der Waals surface area contributed by atoms with E-state index in [0.29, 0.717) is 16.3 Å². The normalized spacial score (nSPS) is 19.5. The number of carbonyl (C=O) groups excluding carboxylic acids is 1. The molecule has 0 bridgehead atoms. The maximum absolute atomic E-state index is 13.0. The molecule has 1 saturated heterocycles. The SMILES string of the molecule is CC(NC(=O)c1cc(Cl)ccc1OC1CCN(C2CCCC2)CC1)c1ccncn1. The number of hydrogen-bond acceptors (Lipinski definition) is 5. The average molecular weight is 429 g/mol. The topological polar surface area (TPSA) is 67.3 Å². The van der Waals surface area contributed by atoms with Crippen LogP contribution in [0.15, 0.2) is 36.8 Å². The van der Waals surface area contributed by atoms with Gasteiger partial charge in [-0.25, -0.2) is 9.97 Å². The molecule has 2 fully saturated rings. The van der Waals surface area contributed by atoms with Gasteiger partial charge in [0.05, 0.1) is 17.3 Å². The number of benzene rings is 1. The van der Waals surface area contributed by atoms with Crippen LogP contribution in [0.2, 0.25) is 5.02 Å². The van der Waals surface area contributed by atoms with Gasteiger partial charge in [-0.15, -0.1) is 0 Å². The summed E-state index contributed by atoms with van der Waals surface area (Å²) in [6.07, 6.45) is 10.6. The molecule has 30 heavy (non-hydrogen) atoms. The van der Waals surface area contributed by atoms with Crippen LogP contribution in [0.4, 0.5) is 0 Å². The molecule has 2 aliphatic rings. The van der Waals surface area contributed by atoms with Gasteiger partial charge in [0.15, 0.2) is 0 Å². The summed E-state index contributed by atoms with van der Waals surface area (Å²) in [7, 11) is 0. The van der Waals surface area contributed by atoms with Gasteiger partial charge < -0.3 is 15.0 Å². The van der Waals surface area contributed by atoms with E-state index in [0.717, 1.165) is 37.7 Å². The fourth-order valence-corrected chi connectivity index (χ4v) is 4.67. The molecule has 0 radical (unpaired) electrons. The minimum Gasteiger partial charge on any atom is -0.489 e. The van der Waals surface area contributed by atoms with Crippen molar-refractivity contribution in [1.29, 1.82) is 0 Å². The number of nitrogens with one attached hydrogen (secondary N) is 1. The van der Waals surface area contributed by atoms with E-state index in [9.17, 15) is 4.79 Å². The fourth-order valence-electron chi connectivity index (χ4n) is 4.50. The highest BCUT2D eigenvalue weighted by Gasteiger charge is 2.28. The van der Waals surface area contributed by atoms with E-state index in [1.165, 1.54) is 32.0 Å². The summed E-state index contributed by atoms with van der Waals surface area (Å²) in [5.74, 6) is 0.369. The second-order valence-electron chi connectivity index (χ2n) is 8.26. The maximum Gasteiger partial charge on any atom is 0.255 e. The van der Waals surface area contributed by atoms with E-state index in [1.807, 2.05) is 6.92 Å². The van der Waals surface area contributed by atoms with E-state index in [4.69, 9.17) is 16.3 Å². The first-order valence-electron chi connectivity index (χ1n) is 10.9. The highest BCUT2D eigenvalue weighted by Crippen LogP contribution is 2.30. The van der Waals surface area contributed by atoms with Crippen molar-refractivity contribution >= 4 is 17.5 Å². The molecule has 1 aliphatic carbocycles. The van der Waals surface area contributed by atoms with Crippen molar-refractivity contribution in [3.05, 3.63) is 53.1 Å². The molecule has 1 saturated carbocycles. The van der Waals surface area contributed by atoms with Gasteiger partial charge in [-0.3, -0.25) is 4.79 Å². The number of amides is 1. The molecular weight excluding hydrogens is 400 g/mol. The van der Waals surface area contributed by atoms with Crippen LogP contribution in [0, 0.1) is 0 Å². The van der Waals surface area contributed by atoms with Crippen LogP contribution in [0.25, 0.3) is 0 Å². The molecule has 2 aromatic rings. The molecule has 1 amide bonds. The zero-order valence-corrected chi connectivity index (χ0v) is 18.1. The Hall–Kier alpha value is -2.18. The zero-order valence-electron chi connectivity index (χ0n) is 17.4. The van der Waals surface area contributed by atoms with Crippen molar-refractivity contribution in [2.24, 2.45) is 0 Å². The summed E-state index contributed by atoms with van der Waals surface area (Å²) >= 11 is 6.19. The number of aromatic nitrogens is 2. The van der Waals surface area contributed by atoms with Crippen molar-refractivity contribution in [1.82, 2.24) is 20.2 Å². The van der Waals surface area contributed by atoms with Crippen LogP contribution < -0.4 is 10.1 Å². The fraction of sp³-hybridized carbons (Fsp3) is 0.522. The average Bonchev–Trinajstić information content (AvgIpc) is 3.31. The summed E-state index contributed by atoms with van der Waals surface area (Å²) in [5.41, 5.74) is 1.21. The Morgan fingerprint density at radius 2 is 1.97 bits per heavy atom. The van der Waals surface area contributed by atoms with Crippen molar-refractivity contribution in [2.45, 2.75) is 63.6 Å². The van der Waals surface area contributed by atoms with Crippen LogP contribution in [-0.4, -0.2) is 46.0 Å². The Labute approximate surface area is 183 Å². The van der Waals surface area contributed by atoms with Gasteiger partial charge in [-0.1, -0.05) is 24.4 Å². The molecule has 7 heteroatoms. The van der Waals surface area contributed by atoms with Crippen molar-refractivity contribution in [3.63, 3.8) is 0 Å². The van der Waals surface area contributed by atoms with Crippen molar-refractivity contribution in [2.75, 3.05) is 13.1 Å². The largest absolute Gasteiger partial charge is 0.489 e. The molecule has 4 rings (SSSR count). The predicted octanol–water partition coefficient (Wildman–Crippen LogP) is 4.41. The third-order valence-electron chi connectivity index (χ3n) is 6.19. The molecule has 1 atom stereocenters.